The van der Waals surface area contributed by atoms with Crippen LogP contribution in [0.25, 0.3) is 21.9 Å². The van der Waals surface area contributed by atoms with Gasteiger partial charge in [0.1, 0.15) is 29.1 Å². The van der Waals surface area contributed by atoms with Crippen molar-refractivity contribution in [2.75, 3.05) is 46.5 Å². The maximum absolute atomic E-state index is 13.8. The van der Waals surface area contributed by atoms with Gasteiger partial charge in [0.15, 0.2) is 0 Å². The summed E-state index contributed by atoms with van der Waals surface area (Å²) in [6.45, 7) is 4.77. The Balaban J connectivity index is 1.10. The van der Waals surface area contributed by atoms with E-state index in [9.17, 15) is 22.8 Å². The molecule has 2 aromatic heterocycles. The van der Waals surface area contributed by atoms with Crippen molar-refractivity contribution < 1.29 is 32.2 Å². The van der Waals surface area contributed by atoms with E-state index in [-0.39, 0.29) is 65.2 Å². The molecular formula is C30H29F3N6O4. The smallest absolute Gasteiger partial charge is 0.416 e. The minimum atomic E-state index is -4.55. The first kappa shape index (κ1) is 27.6. The minimum Gasteiger partial charge on any atom is -0.490 e. The maximum atomic E-state index is 13.8. The van der Waals surface area contributed by atoms with E-state index in [1.807, 2.05) is 4.90 Å². The lowest BCUT2D eigenvalue weighted by molar-refractivity contribution is -0.137. The van der Waals surface area contributed by atoms with Crippen LogP contribution in [0.4, 0.5) is 13.2 Å². The number of aromatic nitrogens is 4. The fourth-order valence-electron chi connectivity index (χ4n) is 7.35. The summed E-state index contributed by atoms with van der Waals surface area (Å²) in [6.07, 6.45) is -4.55. The Labute approximate surface area is 244 Å². The topological polar surface area (TPSA) is 114 Å². The first-order chi connectivity index (χ1) is 20.6. The molecule has 4 aromatic rings. The molecule has 4 atom stereocenters. The van der Waals surface area contributed by atoms with Gasteiger partial charge >= 0.3 is 6.18 Å². The molecule has 2 amide bonds. The van der Waals surface area contributed by atoms with Crippen LogP contribution in [0, 0.1) is 23.2 Å². The van der Waals surface area contributed by atoms with Crippen LogP contribution in [0.15, 0.2) is 42.5 Å². The number of halogens is 3. The highest BCUT2D eigenvalue weighted by atomic mass is 19.4. The zero-order chi connectivity index (χ0) is 30.1. The quantitative estimate of drug-likeness (QED) is 0.336. The first-order valence-electron chi connectivity index (χ1n) is 14.1. The van der Waals surface area contributed by atoms with Crippen LogP contribution >= 0.6 is 0 Å². The van der Waals surface area contributed by atoms with Crippen molar-refractivity contribution in [1.29, 1.82) is 0 Å². The summed E-state index contributed by atoms with van der Waals surface area (Å²) < 4.78 is 51.2. The Morgan fingerprint density at radius 2 is 1.72 bits per heavy atom. The Kier molecular flexibility index (Phi) is 6.35. The fourth-order valence-corrected chi connectivity index (χ4v) is 7.35. The largest absolute Gasteiger partial charge is 0.490 e. The van der Waals surface area contributed by atoms with Gasteiger partial charge in [-0.1, -0.05) is 6.92 Å². The molecule has 1 N–H and O–H groups in total. The normalized spacial score (nSPS) is 24.7. The zero-order valence-corrected chi connectivity index (χ0v) is 23.5. The summed E-state index contributed by atoms with van der Waals surface area (Å²) in [5.74, 6) is 0.581. The van der Waals surface area contributed by atoms with Gasteiger partial charge < -0.3 is 19.3 Å². The van der Waals surface area contributed by atoms with Gasteiger partial charge in [0, 0.05) is 50.3 Å². The third-order valence-corrected chi connectivity index (χ3v) is 9.53. The highest BCUT2D eigenvalue weighted by molar-refractivity contribution is 5.98. The Hall–Kier alpha value is -4.26. The van der Waals surface area contributed by atoms with Crippen LogP contribution in [0.3, 0.4) is 0 Å². The van der Waals surface area contributed by atoms with Gasteiger partial charge in [-0.2, -0.15) is 28.6 Å². The lowest BCUT2D eigenvalue weighted by Crippen LogP contribution is -2.53. The van der Waals surface area contributed by atoms with Crippen LogP contribution in [0.1, 0.15) is 33.3 Å². The van der Waals surface area contributed by atoms with Crippen molar-refractivity contribution in [3.63, 3.8) is 0 Å². The number of likely N-dealkylation sites (tertiary alicyclic amines) is 2. The molecule has 10 nitrogen and oxygen atoms in total. The average molecular weight is 595 g/mol. The van der Waals surface area contributed by atoms with Gasteiger partial charge in [-0.05, 0) is 59.6 Å². The van der Waals surface area contributed by atoms with Crippen LogP contribution in [-0.4, -0.2) is 88.5 Å². The van der Waals surface area contributed by atoms with E-state index >= 15 is 0 Å². The number of methoxy groups -OCH3 is 1. The summed E-state index contributed by atoms with van der Waals surface area (Å²) in [7, 11) is 1.52. The lowest BCUT2D eigenvalue weighted by atomic mass is 9.50. The second kappa shape index (κ2) is 9.90. The molecule has 7 rings (SSSR count). The molecule has 2 saturated heterocycles. The zero-order valence-electron chi connectivity index (χ0n) is 23.5. The predicted octanol–water partition coefficient (Wildman–Crippen LogP) is 4.03. The van der Waals surface area contributed by atoms with E-state index in [1.165, 1.54) is 19.2 Å². The molecule has 0 spiro atoms. The summed E-state index contributed by atoms with van der Waals surface area (Å²) in [4.78, 5) is 35.1. The van der Waals surface area contributed by atoms with E-state index in [4.69, 9.17) is 9.47 Å². The number of benzene rings is 2. The molecule has 0 unspecified atom stereocenters. The Bertz CT molecular complexity index is 1760. The molecule has 1 aliphatic carbocycles. The van der Waals surface area contributed by atoms with Gasteiger partial charge in [0.2, 0.25) is 0 Å². The van der Waals surface area contributed by atoms with Crippen molar-refractivity contribution in [3.05, 3.63) is 59.3 Å². The van der Waals surface area contributed by atoms with Gasteiger partial charge in [-0.3, -0.25) is 9.59 Å². The third kappa shape index (κ3) is 4.48. The number of amides is 2. The molecule has 2 aliphatic heterocycles. The molecule has 13 heteroatoms. The summed E-state index contributed by atoms with van der Waals surface area (Å²) >= 11 is 0. The molecule has 2 aromatic carbocycles. The van der Waals surface area contributed by atoms with E-state index < -0.39 is 11.7 Å². The molecule has 1 saturated carbocycles. The second-order valence-corrected chi connectivity index (χ2v) is 11.9. The van der Waals surface area contributed by atoms with Gasteiger partial charge in [-0.15, -0.1) is 0 Å². The Morgan fingerprint density at radius 3 is 2.49 bits per heavy atom. The number of pyridine rings is 1. The number of nitrogens with one attached hydrogen (secondary N) is 1. The number of carbonyl (C=O) groups is 2. The van der Waals surface area contributed by atoms with Crippen LogP contribution in [-0.2, 0) is 10.9 Å². The molecule has 3 fully saturated rings. The van der Waals surface area contributed by atoms with Crippen LogP contribution in [0.2, 0.25) is 0 Å². The Morgan fingerprint density at radius 1 is 0.953 bits per heavy atom. The first-order valence-corrected chi connectivity index (χ1v) is 14.1. The van der Waals surface area contributed by atoms with E-state index in [0.717, 1.165) is 12.1 Å². The molecular weight excluding hydrogens is 565 g/mol. The average Bonchev–Trinajstić information content (AvgIpc) is 3.70. The number of hydrogen-bond acceptors (Lipinski definition) is 7. The van der Waals surface area contributed by atoms with E-state index in [0.29, 0.717) is 48.2 Å². The van der Waals surface area contributed by atoms with Gasteiger partial charge in [0.05, 0.1) is 17.7 Å². The maximum Gasteiger partial charge on any atom is 0.416 e. The molecule has 3 aliphatic rings. The van der Waals surface area contributed by atoms with Crippen molar-refractivity contribution in [3.8, 4) is 5.75 Å². The minimum absolute atomic E-state index is 0.0364. The van der Waals surface area contributed by atoms with E-state index in [1.54, 1.807) is 23.1 Å². The van der Waals surface area contributed by atoms with E-state index in [2.05, 4.69) is 27.3 Å². The van der Waals surface area contributed by atoms with Crippen molar-refractivity contribution in [2.45, 2.75) is 13.1 Å². The van der Waals surface area contributed by atoms with Crippen molar-refractivity contribution in [1.82, 2.24) is 30.2 Å². The summed E-state index contributed by atoms with van der Waals surface area (Å²) in [5.41, 5.74) is 0.943. The highest BCUT2D eigenvalue weighted by Gasteiger charge is 2.66. The number of nitrogens with zero attached hydrogens (tertiary/aromatic N) is 5. The molecule has 224 valence electrons. The molecule has 4 heterocycles. The standard InChI is InChI=1S/C30H29F3N6O4/c1-29-15-39(14-21(29)19-12-38(13-20(19)29)27(40)16-3-6-22-24(9-16)36-37-35-22)28(41)25-11-26(43-8-7-42-2)18-5-4-17(30(31,32)33)10-23(18)34-25/h3-6,9-11,19-21H,7-8,12-15H2,1-2H3,(H,35,36,37)/t19-,20+,21+,29-/m1/s1. The van der Waals surface area contributed by atoms with Crippen molar-refractivity contribution >= 4 is 33.8 Å². The van der Waals surface area contributed by atoms with Crippen LogP contribution in [0.5, 0.6) is 5.75 Å². The number of aromatic amines is 1. The molecule has 43 heavy (non-hydrogen) atoms. The SMILES string of the molecule is COCCOc1cc(C(=O)N2C[C@H]3[C@@H]4CN(C(=O)c5ccc6n[nH]nc6c5)C[C@@H]4[C@@]3(C)C2)nc2cc(C(F)(F)F)ccc12. The number of H-pyrrole nitrogens is 1. The van der Waals surface area contributed by atoms with Crippen LogP contribution < -0.4 is 4.74 Å². The second-order valence-electron chi connectivity index (χ2n) is 11.9. The van der Waals surface area contributed by atoms with Crippen molar-refractivity contribution in [2.24, 2.45) is 23.2 Å². The third-order valence-electron chi connectivity index (χ3n) is 9.53. The number of ether oxygens (including phenoxy) is 2. The van der Waals surface area contributed by atoms with Gasteiger partial charge in [-0.25, -0.2) is 4.98 Å². The number of hydrogen-bond donors (Lipinski definition) is 1. The highest BCUT2D eigenvalue weighted by Crippen LogP contribution is 2.62. The number of alkyl halides is 3. The number of fused-ring (bicyclic) bond motifs is 6. The summed E-state index contributed by atoms with van der Waals surface area (Å²) in [5, 5.41) is 11.1. The molecule has 0 radical (unpaired) electrons. The molecule has 0 bridgehead atoms. The lowest BCUT2D eigenvalue weighted by Gasteiger charge is -2.52. The van der Waals surface area contributed by atoms with Gasteiger partial charge in [0.25, 0.3) is 11.8 Å². The fraction of sp³-hybridized carbons (Fsp3) is 0.433. The number of rotatable bonds is 6. The predicted molar refractivity (Wildman–Crippen MR) is 148 cm³/mol. The summed E-state index contributed by atoms with van der Waals surface area (Å²) in [6, 6.07) is 10.0. The monoisotopic (exact) mass is 594 g/mol. The number of carbonyl (C=O) groups excluding carboxylic acids is 2.